The number of nitrogens with zero attached hydrogens (tertiary/aromatic N) is 3. The second-order valence-corrected chi connectivity index (χ2v) is 6.40. The van der Waals surface area contributed by atoms with Crippen LogP contribution in [-0.2, 0) is 4.79 Å². The summed E-state index contributed by atoms with van der Waals surface area (Å²) in [6.07, 6.45) is 0.834. The lowest BCUT2D eigenvalue weighted by molar-refractivity contribution is -0.121. The van der Waals surface area contributed by atoms with Gasteiger partial charge in [0.2, 0.25) is 5.82 Å². The molecule has 2 heterocycles. The number of fused-ring (bicyclic) bond motifs is 1. The molecule has 0 unspecified atom stereocenters. The van der Waals surface area contributed by atoms with Gasteiger partial charge in [0.05, 0.1) is 5.69 Å². The summed E-state index contributed by atoms with van der Waals surface area (Å²) in [6, 6.07) is 10.2. The molecular formula is C20H18FN3O3. The number of hydrogen-bond donors (Lipinski definition) is 0. The molecule has 4 rings (SSSR count). The monoisotopic (exact) mass is 367 g/mol. The van der Waals surface area contributed by atoms with E-state index in [4.69, 9.17) is 9.26 Å². The van der Waals surface area contributed by atoms with Crippen LogP contribution >= 0.6 is 0 Å². The standard InChI is InChI=1S/C20H18FN3O3/c1-3-8-24-16-10-13(6-7-17(16)26-11-18(24)25)19-22-20(27-23-19)14-5-4-12(2)15(21)9-14/h4-7,9-10H,3,8,11H2,1-2H3. The summed E-state index contributed by atoms with van der Waals surface area (Å²) >= 11 is 0. The third-order valence-electron chi connectivity index (χ3n) is 4.45. The zero-order valence-corrected chi connectivity index (χ0v) is 15.0. The summed E-state index contributed by atoms with van der Waals surface area (Å²) in [6.45, 7) is 4.35. The molecule has 1 aliphatic rings. The molecule has 7 heteroatoms. The number of aryl methyl sites for hydroxylation is 1. The molecule has 0 spiro atoms. The number of halogens is 1. The Morgan fingerprint density at radius 3 is 2.78 bits per heavy atom. The van der Waals surface area contributed by atoms with Gasteiger partial charge >= 0.3 is 0 Å². The van der Waals surface area contributed by atoms with Crippen molar-refractivity contribution in [2.75, 3.05) is 18.1 Å². The van der Waals surface area contributed by atoms with Gasteiger partial charge in [-0.3, -0.25) is 4.79 Å². The number of hydrogen-bond acceptors (Lipinski definition) is 5. The number of benzene rings is 2. The Kier molecular flexibility index (Phi) is 4.35. The lowest BCUT2D eigenvalue weighted by Gasteiger charge is -2.29. The van der Waals surface area contributed by atoms with Crippen molar-refractivity contribution in [2.45, 2.75) is 20.3 Å². The molecule has 0 fully saturated rings. The molecular weight excluding hydrogens is 349 g/mol. The maximum Gasteiger partial charge on any atom is 0.265 e. The van der Waals surface area contributed by atoms with Gasteiger partial charge in [-0.25, -0.2) is 4.39 Å². The summed E-state index contributed by atoms with van der Waals surface area (Å²) in [5.74, 6) is 0.844. The summed E-state index contributed by atoms with van der Waals surface area (Å²) in [7, 11) is 0. The molecule has 1 amide bonds. The van der Waals surface area contributed by atoms with Crippen LogP contribution in [0.25, 0.3) is 22.8 Å². The summed E-state index contributed by atoms with van der Waals surface area (Å²) in [5, 5.41) is 4.00. The second kappa shape index (κ2) is 6.83. The largest absolute Gasteiger partial charge is 0.482 e. The van der Waals surface area contributed by atoms with Gasteiger partial charge in [0.1, 0.15) is 11.6 Å². The van der Waals surface area contributed by atoms with E-state index >= 15 is 0 Å². The molecule has 0 saturated heterocycles. The molecule has 2 aromatic carbocycles. The Morgan fingerprint density at radius 1 is 1.19 bits per heavy atom. The van der Waals surface area contributed by atoms with Crippen LogP contribution in [0.1, 0.15) is 18.9 Å². The van der Waals surface area contributed by atoms with Gasteiger partial charge in [-0.1, -0.05) is 18.1 Å². The van der Waals surface area contributed by atoms with Crippen molar-refractivity contribution in [3.05, 3.63) is 47.8 Å². The predicted octanol–water partition coefficient (Wildman–Crippen LogP) is 3.99. The quantitative estimate of drug-likeness (QED) is 0.697. The van der Waals surface area contributed by atoms with E-state index in [-0.39, 0.29) is 24.2 Å². The van der Waals surface area contributed by atoms with Crippen LogP contribution in [0.15, 0.2) is 40.9 Å². The third-order valence-corrected chi connectivity index (χ3v) is 4.45. The van der Waals surface area contributed by atoms with E-state index in [0.29, 0.717) is 40.5 Å². The molecule has 0 saturated carbocycles. The minimum absolute atomic E-state index is 0.0394. The predicted molar refractivity (Wildman–Crippen MR) is 98.0 cm³/mol. The van der Waals surface area contributed by atoms with Crippen molar-refractivity contribution in [1.82, 2.24) is 10.1 Å². The van der Waals surface area contributed by atoms with Crippen molar-refractivity contribution in [3.63, 3.8) is 0 Å². The molecule has 1 aromatic heterocycles. The van der Waals surface area contributed by atoms with Gasteiger partial charge in [-0.05, 0) is 49.2 Å². The molecule has 0 N–H and O–H groups in total. The first-order valence-corrected chi connectivity index (χ1v) is 8.74. The van der Waals surface area contributed by atoms with Crippen molar-refractivity contribution >= 4 is 11.6 Å². The molecule has 0 atom stereocenters. The first kappa shape index (κ1) is 17.2. The van der Waals surface area contributed by atoms with E-state index < -0.39 is 0 Å². The zero-order valence-electron chi connectivity index (χ0n) is 15.0. The first-order chi connectivity index (χ1) is 13.1. The van der Waals surface area contributed by atoms with Crippen molar-refractivity contribution in [2.24, 2.45) is 0 Å². The Balaban J connectivity index is 1.70. The molecule has 0 aliphatic carbocycles. The van der Waals surface area contributed by atoms with Crippen LogP contribution in [0.5, 0.6) is 5.75 Å². The maximum absolute atomic E-state index is 13.8. The number of anilines is 1. The molecule has 1 aliphatic heterocycles. The molecule has 138 valence electrons. The second-order valence-electron chi connectivity index (χ2n) is 6.40. The molecule has 0 bridgehead atoms. The van der Waals surface area contributed by atoms with Gasteiger partial charge in [0.15, 0.2) is 6.61 Å². The van der Waals surface area contributed by atoms with Gasteiger partial charge < -0.3 is 14.2 Å². The number of amides is 1. The number of rotatable bonds is 4. The molecule has 3 aromatic rings. The smallest absolute Gasteiger partial charge is 0.265 e. The third kappa shape index (κ3) is 3.16. The Hall–Kier alpha value is -3.22. The number of aromatic nitrogens is 2. The topological polar surface area (TPSA) is 68.5 Å². The van der Waals surface area contributed by atoms with Crippen LogP contribution in [0.2, 0.25) is 0 Å². The highest BCUT2D eigenvalue weighted by atomic mass is 19.1. The minimum Gasteiger partial charge on any atom is -0.482 e. The summed E-state index contributed by atoms with van der Waals surface area (Å²) < 4.78 is 24.6. The highest BCUT2D eigenvalue weighted by Gasteiger charge is 2.26. The van der Waals surface area contributed by atoms with Crippen molar-refractivity contribution in [1.29, 1.82) is 0 Å². The van der Waals surface area contributed by atoms with Gasteiger partial charge in [-0.15, -0.1) is 0 Å². The highest BCUT2D eigenvalue weighted by molar-refractivity contribution is 5.98. The first-order valence-electron chi connectivity index (χ1n) is 8.74. The summed E-state index contributed by atoms with van der Waals surface area (Å²) in [5.41, 5.74) is 2.45. The zero-order chi connectivity index (χ0) is 19.0. The lowest BCUT2D eigenvalue weighted by atomic mass is 10.1. The number of ether oxygens (including phenoxy) is 1. The molecule has 27 heavy (non-hydrogen) atoms. The Morgan fingerprint density at radius 2 is 2.00 bits per heavy atom. The van der Waals surface area contributed by atoms with Crippen LogP contribution in [0.3, 0.4) is 0 Å². The van der Waals surface area contributed by atoms with E-state index in [1.807, 2.05) is 19.1 Å². The Labute approximate surface area is 155 Å². The molecule has 6 nitrogen and oxygen atoms in total. The van der Waals surface area contributed by atoms with E-state index in [1.54, 1.807) is 30.0 Å². The van der Waals surface area contributed by atoms with Crippen molar-refractivity contribution in [3.8, 4) is 28.6 Å². The fourth-order valence-corrected chi connectivity index (χ4v) is 2.99. The maximum atomic E-state index is 13.8. The Bertz CT molecular complexity index is 1020. The van der Waals surface area contributed by atoms with Crippen LogP contribution in [0, 0.1) is 12.7 Å². The number of carbonyl (C=O) groups is 1. The van der Waals surface area contributed by atoms with Crippen LogP contribution in [0.4, 0.5) is 10.1 Å². The SMILES string of the molecule is CCCN1C(=O)COc2ccc(-c3noc(-c4ccc(C)c(F)c4)n3)cc21. The fraction of sp³-hybridized carbons (Fsp3) is 0.250. The normalized spacial score (nSPS) is 13.4. The van der Waals surface area contributed by atoms with E-state index in [1.165, 1.54) is 6.07 Å². The highest BCUT2D eigenvalue weighted by Crippen LogP contribution is 2.36. The average Bonchev–Trinajstić information content (AvgIpc) is 3.16. The number of carbonyl (C=O) groups excluding carboxylic acids is 1. The average molecular weight is 367 g/mol. The molecule has 0 radical (unpaired) electrons. The summed E-state index contributed by atoms with van der Waals surface area (Å²) in [4.78, 5) is 18.2. The van der Waals surface area contributed by atoms with Gasteiger partial charge in [0, 0.05) is 17.7 Å². The van der Waals surface area contributed by atoms with Crippen LogP contribution < -0.4 is 9.64 Å². The lowest BCUT2D eigenvalue weighted by Crippen LogP contribution is -2.39. The van der Waals surface area contributed by atoms with E-state index in [9.17, 15) is 9.18 Å². The van der Waals surface area contributed by atoms with Gasteiger partial charge in [-0.2, -0.15) is 4.98 Å². The van der Waals surface area contributed by atoms with Crippen molar-refractivity contribution < 1.29 is 18.4 Å². The van der Waals surface area contributed by atoms with Gasteiger partial charge in [0.25, 0.3) is 11.8 Å². The van der Waals surface area contributed by atoms with E-state index in [0.717, 1.165) is 6.42 Å². The van der Waals surface area contributed by atoms with E-state index in [2.05, 4.69) is 10.1 Å². The van der Waals surface area contributed by atoms with Crippen LogP contribution in [-0.4, -0.2) is 29.2 Å². The minimum atomic E-state index is -0.327. The fourth-order valence-electron chi connectivity index (χ4n) is 2.99.